The van der Waals surface area contributed by atoms with Crippen molar-refractivity contribution in [3.05, 3.63) is 16.7 Å². The van der Waals surface area contributed by atoms with Crippen LogP contribution < -0.4 is 0 Å². The Morgan fingerprint density at radius 1 is 1.33 bits per heavy atom. The fourth-order valence-electron chi connectivity index (χ4n) is 2.06. The Balaban J connectivity index is 1.97. The van der Waals surface area contributed by atoms with Gasteiger partial charge in [0.25, 0.3) is 0 Å². The van der Waals surface area contributed by atoms with Crippen molar-refractivity contribution in [3.63, 3.8) is 0 Å². The normalized spacial score (nSPS) is 17.4. The summed E-state index contributed by atoms with van der Waals surface area (Å²) in [5, 5.41) is 9.12. The molecule has 0 unspecified atom stereocenters. The lowest BCUT2D eigenvalue weighted by Gasteiger charge is -2.15. The van der Waals surface area contributed by atoms with Gasteiger partial charge in [-0.05, 0) is 38.1 Å². The number of H-pyrrole nitrogens is 1. The van der Waals surface area contributed by atoms with Crippen LogP contribution in [0, 0.1) is 4.77 Å². The van der Waals surface area contributed by atoms with Gasteiger partial charge in [0.1, 0.15) is 0 Å². The van der Waals surface area contributed by atoms with E-state index in [2.05, 4.69) is 9.88 Å². The second kappa shape index (κ2) is 4.92. The van der Waals surface area contributed by atoms with Gasteiger partial charge in [-0.2, -0.15) is 0 Å². The van der Waals surface area contributed by atoms with Gasteiger partial charge in [-0.15, -0.1) is 0 Å². The highest BCUT2D eigenvalue weighted by molar-refractivity contribution is 7.71. The second-order valence-corrected chi connectivity index (χ2v) is 4.33. The molecule has 0 radical (unpaired) electrons. The lowest BCUT2D eigenvalue weighted by atomic mass is 10.4. The van der Waals surface area contributed by atoms with Crippen molar-refractivity contribution >= 4 is 12.2 Å². The van der Waals surface area contributed by atoms with Crippen LogP contribution in [0.15, 0.2) is 6.20 Å². The topological polar surface area (TPSA) is 44.2 Å². The molecule has 1 saturated heterocycles. The van der Waals surface area contributed by atoms with Gasteiger partial charge in [0.15, 0.2) is 4.77 Å². The average molecular weight is 227 g/mol. The minimum atomic E-state index is 0.0487. The lowest BCUT2D eigenvalue weighted by molar-refractivity contribution is 0.264. The van der Waals surface area contributed by atoms with Crippen molar-refractivity contribution in [3.8, 4) is 0 Å². The predicted octanol–water partition coefficient (Wildman–Crippen LogP) is 1.13. The number of likely N-dealkylation sites (tertiary alicyclic amines) is 1. The number of nitrogens with one attached hydrogen (secondary N) is 1. The number of nitrogens with zero attached hydrogens (tertiary/aromatic N) is 2. The number of aromatic amines is 1. The maximum Gasteiger partial charge on any atom is 0.177 e. The Morgan fingerprint density at radius 2 is 2.07 bits per heavy atom. The Kier molecular flexibility index (Phi) is 3.56. The minimum absolute atomic E-state index is 0.0487. The van der Waals surface area contributed by atoms with Crippen LogP contribution in [-0.4, -0.2) is 39.2 Å². The molecule has 1 aliphatic rings. The Morgan fingerprint density at radius 3 is 2.73 bits per heavy atom. The van der Waals surface area contributed by atoms with Crippen molar-refractivity contribution in [2.45, 2.75) is 26.0 Å². The number of hydrogen-bond donors (Lipinski definition) is 2. The number of rotatable bonds is 4. The molecular formula is C10H17N3OS. The van der Waals surface area contributed by atoms with Crippen LogP contribution in [0.5, 0.6) is 0 Å². The zero-order valence-electron chi connectivity index (χ0n) is 8.78. The van der Waals surface area contributed by atoms with Gasteiger partial charge in [-0.1, -0.05) is 0 Å². The summed E-state index contributed by atoms with van der Waals surface area (Å²) in [6, 6.07) is 0. The quantitative estimate of drug-likeness (QED) is 0.758. The van der Waals surface area contributed by atoms with E-state index in [1.807, 2.05) is 4.57 Å². The van der Waals surface area contributed by atoms with Crippen LogP contribution in [0.25, 0.3) is 0 Å². The summed E-state index contributed by atoms with van der Waals surface area (Å²) < 4.78 is 2.69. The summed E-state index contributed by atoms with van der Waals surface area (Å²) in [5.74, 6) is 0. The molecule has 2 N–H and O–H groups in total. The summed E-state index contributed by atoms with van der Waals surface area (Å²) in [4.78, 5) is 5.40. The third-order valence-corrected chi connectivity index (χ3v) is 3.29. The van der Waals surface area contributed by atoms with Crippen molar-refractivity contribution in [1.82, 2.24) is 14.5 Å². The summed E-state index contributed by atoms with van der Waals surface area (Å²) in [6.07, 6.45) is 4.41. The molecule has 1 fully saturated rings. The molecule has 0 saturated carbocycles. The first-order valence-electron chi connectivity index (χ1n) is 5.41. The molecule has 1 aromatic heterocycles. The van der Waals surface area contributed by atoms with E-state index < -0.39 is 0 Å². The monoisotopic (exact) mass is 227 g/mol. The van der Waals surface area contributed by atoms with E-state index in [1.165, 1.54) is 25.9 Å². The number of aromatic nitrogens is 2. The Hall–Kier alpha value is -0.650. The Bertz CT molecular complexity index is 365. The molecular weight excluding hydrogens is 210 g/mol. The number of aliphatic hydroxyl groups is 1. The van der Waals surface area contributed by atoms with Crippen molar-refractivity contribution in [1.29, 1.82) is 0 Å². The molecule has 2 rings (SSSR count). The van der Waals surface area contributed by atoms with Crippen LogP contribution in [0.4, 0.5) is 0 Å². The lowest BCUT2D eigenvalue weighted by Crippen LogP contribution is -2.24. The Labute approximate surface area is 94.5 Å². The molecule has 0 amide bonds. The smallest absolute Gasteiger partial charge is 0.177 e. The number of aliphatic hydroxyl groups excluding tert-OH is 1. The second-order valence-electron chi connectivity index (χ2n) is 3.94. The summed E-state index contributed by atoms with van der Waals surface area (Å²) in [6.45, 7) is 4.35. The van der Waals surface area contributed by atoms with Crippen LogP contribution in [0.2, 0.25) is 0 Å². The van der Waals surface area contributed by atoms with Crippen LogP contribution in [-0.2, 0) is 13.2 Å². The molecule has 0 atom stereocenters. The number of imidazole rings is 1. The highest BCUT2D eigenvalue weighted by Gasteiger charge is 2.11. The van der Waals surface area contributed by atoms with Crippen LogP contribution >= 0.6 is 12.2 Å². The first-order valence-corrected chi connectivity index (χ1v) is 5.82. The zero-order valence-corrected chi connectivity index (χ0v) is 9.59. The molecule has 84 valence electrons. The molecule has 0 aliphatic carbocycles. The number of hydrogen-bond acceptors (Lipinski definition) is 3. The maximum atomic E-state index is 9.12. The van der Waals surface area contributed by atoms with Crippen LogP contribution in [0.3, 0.4) is 0 Å². The van der Waals surface area contributed by atoms with Gasteiger partial charge in [0, 0.05) is 19.3 Å². The summed E-state index contributed by atoms with van der Waals surface area (Å²) in [7, 11) is 0. The third-order valence-electron chi connectivity index (χ3n) is 2.95. The van der Waals surface area contributed by atoms with E-state index in [-0.39, 0.29) is 6.61 Å². The van der Waals surface area contributed by atoms with E-state index in [1.54, 1.807) is 6.20 Å². The predicted molar refractivity (Wildman–Crippen MR) is 61.2 cm³/mol. The third kappa shape index (κ3) is 2.48. The van der Waals surface area contributed by atoms with Crippen molar-refractivity contribution < 1.29 is 5.11 Å². The SMILES string of the molecule is OCc1c[nH]c(=S)n1CCN1CCCC1. The average Bonchev–Trinajstić information content (AvgIpc) is 2.84. The molecule has 2 heterocycles. The molecule has 4 nitrogen and oxygen atoms in total. The van der Waals surface area contributed by atoms with Gasteiger partial charge in [-0.3, -0.25) is 0 Å². The molecule has 15 heavy (non-hydrogen) atoms. The van der Waals surface area contributed by atoms with Gasteiger partial charge in [0.2, 0.25) is 0 Å². The highest BCUT2D eigenvalue weighted by Crippen LogP contribution is 2.08. The maximum absolute atomic E-state index is 9.12. The summed E-state index contributed by atoms with van der Waals surface area (Å²) >= 11 is 5.16. The van der Waals surface area contributed by atoms with Crippen LogP contribution in [0.1, 0.15) is 18.5 Å². The summed E-state index contributed by atoms with van der Waals surface area (Å²) in [5.41, 5.74) is 0.874. The fraction of sp³-hybridized carbons (Fsp3) is 0.700. The van der Waals surface area contributed by atoms with Gasteiger partial charge in [-0.25, -0.2) is 0 Å². The molecule has 1 aliphatic heterocycles. The molecule has 5 heteroatoms. The van der Waals surface area contributed by atoms with E-state index in [0.717, 1.165) is 18.8 Å². The van der Waals surface area contributed by atoms with E-state index in [9.17, 15) is 0 Å². The highest BCUT2D eigenvalue weighted by atomic mass is 32.1. The first kappa shape index (κ1) is 10.9. The van der Waals surface area contributed by atoms with Gasteiger partial charge in [0.05, 0.1) is 12.3 Å². The van der Waals surface area contributed by atoms with E-state index in [4.69, 9.17) is 17.3 Å². The van der Waals surface area contributed by atoms with Crippen molar-refractivity contribution in [2.75, 3.05) is 19.6 Å². The van der Waals surface area contributed by atoms with Gasteiger partial charge >= 0.3 is 0 Å². The van der Waals surface area contributed by atoms with E-state index in [0.29, 0.717) is 4.77 Å². The minimum Gasteiger partial charge on any atom is -0.390 e. The van der Waals surface area contributed by atoms with Gasteiger partial charge < -0.3 is 19.6 Å². The molecule has 0 bridgehead atoms. The van der Waals surface area contributed by atoms with Crippen molar-refractivity contribution in [2.24, 2.45) is 0 Å². The van der Waals surface area contributed by atoms with E-state index >= 15 is 0 Å². The largest absolute Gasteiger partial charge is 0.390 e. The standard InChI is InChI=1S/C10H17N3OS/c14-8-9-7-11-10(15)13(9)6-5-12-3-1-2-4-12/h7,14H,1-6,8H2,(H,11,15). The first-order chi connectivity index (χ1) is 7.31. The zero-order chi connectivity index (χ0) is 10.7. The fourth-order valence-corrected chi connectivity index (χ4v) is 2.32. The molecule has 0 aromatic carbocycles. The molecule has 0 spiro atoms. The molecule has 1 aromatic rings.